The number of aryl methyl sites for hydroxylation is 1. The summed E-state index contributed by atoms with van der Waals surface area (Å²) in [4.78, 5) is 30.0. The molecule has 0 N–H and O–H groups in total. The Bertz CT molecular complexity index is 1010. The molecule has 150 valence electrons. The first-order valence-electron chi connectivity index (χ1n) is 8.84. The van der Waals surface area contributed by atoms with E-state index in [1.807, 2.05) is 31.2 Å². The molecule has 3 aromatic rings. The summed E-state index contributed by atoms with van der Waals surface area (Å²) >= 11 is 1.23. The van der Waals surface area contributed by atoms with Crippen molar-refractivity contribution in [2.45, 2.75) is 26.9 Å². The number of halogens is 2. The number of thiazole rings is 1. The van der Waals surface area contributed by atoms with Crippen LogP contribution in [0.4, 0.5) is 19.6 Å². The van der Waals surface area contributed by atoms with Gasteiger partial charge in [-0.25, -0.2) is 18.6 Å². The van der Waals surface area contributed by atoms with Crippen molar-refractivity contribution >= 4 is 34.0 Å². The van der Waals surface area contributed by atoms with Gasteiger partial charge in [-0.2, -0.15) is 0 Å². The second-order valence-electron chi connectivity index (χ2n) is 6.23. The van der Waals surface area contributed by atoms with Gasteiger partial charge in [0.25, 0.3) is 0 Å². The van der Waals surface area contributed by atoms with E-state index in [0.717, 1.165) is 24.1 Å². The number of hydrogen-bond donors (Lipinski definition) is 0. The number of esters is 1. The molecule has 1 heterocycles. The standard InChI is InChI=1S/C21H18F2N2O3S/c1-3-14-4-6-19(7-5-14)25(13(2)26)21-24-18(12-29-21)11-28-20(27)15-8-16(22)10-17(23)9-15/h4-10,12H,3,11H2,1-2H3. The number of nitrogens with zero attached hydrogens (tertiary/aromatic N) is 2. The second kappa shape index (κ2) is 8.91. The molecule has 8 heteroatoms. The lowest BCUT2D eigenvalue weighted by atomic mass is 10.1. The van der Waals surface area contributed by atoms with Crippen molar-refractivity contribution in [3.63, 3.8) is 0 Å². The molecule has 0 fully saturated rings. The van der Waals surface area contributed by atoms with Gasteiger partial charge in [0.1, 0.15) is 18.2 Å². The van der Waals surface area contributed by atoms with Crippen LogP contribution >= 0.6 is 11.3 Å². The topological polar surface area (TPSA) is 59.5 Å². The van der Waals surface area contributed by atoms with E-state index >= 15 is 0 Å². The zero-order valence-electron chi connectivity index (χ0n) is 15.8. The molecular weight excluding hydrogens is 398 g/mol. The molecule has 0 bridgehead atoms. The maximum absolute atomic E-state index is 13.2. The predicted molar refractivity (Wildman–Crippen MR) is 106 cm³/mol. The van der Waals surface area contributed by atoms with Crippen LogP contribution in [0, 0.1) is 11.6 Å². The third-order valence-electron chi connectivity index (χ3n) is 4.10. The van der Waals surface area contributed by atoms with Crippen molar-refractivity contribution in [1.82, 2.24) is 4.98 Å². The largest absolute Gasteiger partial charge is 0.456 e. The number of anilines is 2. The first kappa shape index (κ1) is 20.6. The number of benzene rings is 2. The van der Waals surface area contributed by atoms with Crippen LogP contribution in [0.15, 0.2) is 47.8 Å². The summed E-state index contributed by atoms with van der Waals surface area (Å²) in [7, 11) is 0. The number of rotatable bonds is 6. The molecule has 0 radical (unpaired) electrons. The number of amides is 1. The third-order valence-corrected chi connectivity index (χ3v) is 4.97. The number of aromatic nitrogens is 1. The first-order chi connectivity index (χ1) is 13.9. The maximum atomic E-state index is 13.2. The van der Waals surface area contributed by atoms with Gasteiger partial charge in [-0.1, -0.05) is 19.1 Å². The quantitative estimate of drug-likeness (QED) is 0.529. The molecule has 0 aliphatic heterocycles. The average molecular weight is 416 g/mol. The van der Waals surface area contributed by atoms with Crippen molar-refractivity contribution in [2.24, 2.45) is 0 Å². The monoisotopic (exact) mass is 416 g/mol. The SMILES string of the molecule is CCc1ccc(N(C(C)=O)c2nc(COC(=O)c3cc(F)cc(F)c3)cs2)cc1. The fourth-order valence-electron chi connectivity index (χ4n) is 2.67. The zero-order valence-corrected chi connectivity index (χ0v) is 16.6. The van der Waals surface area contributed by atoms with E-state index in [9.17, 15) is 18.4 Å². The summed E-state index contributed by atoms with van der Waals surface area (Å²) in [6.07, 6.45) is 0.891. The molecule has 0 saturated heterocycles. The Morgan fingerprint density at radius 1 is 1.10 bits per heavy atom. The Balaban J connectivity index is 1.72. The minimum atomic E-state index is -0.864. The molecule has 0 atom stereocenters. The van der Waals surface area contributed by atoms with E-state index in [-0.39, 0.29) is 18.1 Å². The normalized spacial score (nSPS) is 10.6. The van der Waals surface area contributed by atoms with Crippen LogP contribution in [0.1, 0.15) is 35.5 Å². The van der Waals surface area contributed by atoms with Gasteiger partial charge in [0.15, 0.2) is 5.13 Å². The molecule has 1 aromatic heterocycles. The predicted octanol–water partition coefficient (Wildman–Crippen LogP) is 5.03. The highest BCUT2D eigenvalue weighted by atomic mass is 32.1. The minimum absolute atomic E-state index is 0.187. The molecule has 2 aromatic carbocycles. The van der Waals surface area contributed by atoms with E-state index in [2.05, 4.69) is 4.98 Å². The van der Waals surface area contributed by atoms with Gasteiger partial charge in [-0.05, 0) is 36.2 Å². The molecule has 0 spiro atoms. The molecular formula is C21H18F2N2O3S. The lowest BCUT2D eigenvalue weighted by molar-refractivity contribution is -0.115. The highest BCUT2D eigenvalue weighted by molar-refractivity contribution is 7.14. The minimum Gasteiger partial charge on any atom is -0.456 e. The van der Waals surface area contributed by atoms with Gasteiger partial charge in [-0.3, -0.25) is 9.69 Å². The van der Waals surface area contributed by atoms with Crippen LogP contribution in [0.3, 0.4) is 0 Å². The summed E-state index contributed by atoms with van der Waals surface area (Å²) in [5.74, 6) is -2.79. The van der Waals surface area contributed by atoms with Crippen LogP contribution in [-0.4, -0.2) is 16.9 Å². The number of hydrogen-bond acceptors (Lipinski definition) is 5. The third kappa shape index (κ3) is 5.03. The van der Waals surface area contributed by atoms with Crippen LogP contribution in [0.5, 0.6) is 0 Å². The lowest BCUT2D eigenvalue weighted by Crippen LogP contribution is -2.22. The fourth-order valence-corrected chi connectivity index (χ4v) is 3.54. The average Bonchev–Trinajstić information content (AvgIpc) is 3.14. The van der Waals surface area contributed by atoms with Crippen molar-refractivity contribution in [1.29, 1.82) is 0 Å². The number of ether oxygens (including phenoxy) is 1. The molecule has 0 saturated carbocycles. The van der Waals surface area contributed by atoms with Gasteiger partial charge in [0, 0.05) is 18.4 Å². The smallest absolute Gasteiger partial charge is 0.338 e. The van der Waals surface area contributed by atoms with E-state index in [0.29, 0.717) is 22.6 Å². The van der Waals surface area contributed by atoms with Gasteiger partial charge >= 0.3 is 5.97 Å². The molecule has 3 rings (SSSR count). The van der Waals surface area contributed by atoms with Gasteiger partial charge < -0.3 is 4.74 Å². The van der Waals surface area contributed by atoms with Crippen molar-refractivity contribution in [3.8, 4) is 0 Å². The van der Waals surface area contributed by atoms with E-state index in [4.69, 9.17) is 4.74 Å². The highest BCUT2D eigenvalue weighted by Crippen LogP contribution is 2.29. The van der Waals surface area contributed by atoms with Gasteiger partial charge in [-0.15, -0.1) is 11.3 Å². The van der Waals surface area contributed by atoms with Gasteiger partial charge in [0.05, 0.1) is 16.9 Å². The van der Waals surface area contributed by atoms with E-state index in [1.165, 1.54) is 23.2 Å². The van der Waals surface area contributed by atoms with Crippen molar-refractivity contribution < 1.29 is 23.1 Å². The molecule has 29 heavy (non-hydrogen) atoms. The Morgan fingerprint density at radius 2 is 1.76 bits per heavy atom. The van der Waals surface area contributed by atoms with Crippen LogP contribution in [-0.2, 0) is 22.6 Å². The van der Waals surface area contributed by atoms with E-state index in [1.54, 1.807) is 5.38 Å². The highest BCUT2D eigenvalue weighted by Gasteiger charge is 2.19. The van der Waals surface area contributed by atoms with E-state index < -0.39 is 17.6 Å². The molecule has 0 aliphatic carbocycles. The molecule has 1 amide bonds. The number of carbonyl (C=O) groups is 2. The Morgan fingerprint density at radius 3 is 2.34 bits per heavy atom. The zero-order chi connectivity index (χ0) is 21.0. The number of carbonyl (C=O) groups excluding carboxylic acids is 2. The van der Waals surface area contributed by atoms with Crippen molar-refractivity contribution in [2.75, 3.05) is 4.90 Å². The Kier molecular flexibility index (Phi) is 6.33. The Labute approximate surface area is 170 Å². The maximum Gasteiger partial charge on any atom is 0.338 e. The lowest BCUT2D eigenvalue weighted by Gasteiger charge is -2.18. The summed E-state index contributed by atoms with van der Waals surface area (Å²) in [5, 5.41) is 2.09. The van der Waals surface area contributed by atoms with Gasteiger partial charge in [0.2, 0.25) is 5.91 Å². The van der Waals surface area contributed by atoms with Crippen LogP contribution in [0.2, 0.25) is 0 Å². The second-order valence-corrected chi connectivity index (χ2v) is 7.07. The molecule has 5 nitrogen and oxygen atoms in total. The molecule has 0 unspecified atom stereocenters. The van der Waals surface area contributed by atoms with Crippen LogP contribution in [0.25, 0.3) is 0 Å². The molecule has 0 aliphatic rings. The summed E-state index contributed by atoms with van der Waals surface area (Å²) in [6, 6.07) is 10.1. The fraction of sp³-hybridized carbons (Fsp3) is 0.190. The summed E-state index contributed by atoms with van der Waals surface area (Å²) in [6.45, 7) is 3.30. The first-order valence-corrected chi connectivity index (χ1v) is 9.72. The summed E-state index contributed by atoms with van der Waals surface area (Å²) < 4.78 is 31.5. The summed E-state index contributed by atoms with van der Waals surface area (Å²) in [5.41, 5.74) is 2.03. The Hall–Kier alpha value is -3.13. The van der Waals surface area contributed by atoms with Crippen molar-refractivity contribution in [3.05, 3.63) is 76.3 Å². The van der Waals surface area contributed by atoms with Crippen LogP contribution < -0.4 is 4.90 Å².